The molecule has 4 rings (SSSR count). The largest absolute Gasteiger partial charge is 0.457 e. The Morgan fingerprint density at radius 2 is 2.04 bits per heavy atom. The monoisotopic (exact) mass is 326 g/mol. The van der Waals surface area contributed by atoms with Crippen LogP contribution in [0, 0.1) is 5.92 Å². The number of carbonyl (C=O) groups is 1. The molecule has 0 radical (unpaired) electrons. The molecule has 4 nitrogen and oxygen atoms in total. The van der Waals surface area contributed by atoms with Crippen molar-refractivity contribution in [3.8, 4) is 10.8 Å². The van der Waals surface area contributed by atoms with Gasteiger partial charge in [-0.25, -0.2) is 4.98 Å². The first-order valence-electron chi connectivity index (χ1n) is 8.02. The number of para-hydroxylation sites is 1. The summed E-state index contributed by atoms with van der Waals surface area (Å²) in [6.45, 7) is 0.445. The van der Waals surface area contributed by atoms with Crippen LogP contribution in [0.15, 0.2) is 40.8 Å². The van der Waals surface area contributed by atoms with E-state index in [1.807, 2.05) is 30.3 Å². The van der Waals surface area contributed by atoms with Gasteiger partial charge in [0.2, 0.25) is 5.91 Å². The van der Waals surface area contributed by atoms with Gasteiger partial charge in [0.25, 0.3) is 0 Å². The molecule has 5 heteroatoms. The molecule has 118 valence electrons. The summed E-state index contributed by atoms with van der Waals surface area (Å²) in [4.78, 5) is 16.6. The Balaban J connectivity index is 1.45. The summed E-state index contributed by atoms with van der Waals surface area (Å²) in [5.41, 5.74) is 0.986. The zero-order valence-electron chi connectivity index (χ0n) is 12.7. The van der Waals surface area contributed by atoms with Gasteiger partial charge in [0.1, 0.15) is 5.76 Å². The molecule has 2 aromatic heterocycles. The van der Waals surface area contributed by atoms with Gasteiger partial charge in [-0.15, -0.1) is 11.3 Å². The van der Waals surface area contributed by atoms with Crippen molar-refractivity contribution in [3.63, 3.8) is 0 Å². The second-order valence-electron chi connectivity index (χ2n) is 5.95. The zero-order chi connectivity index (χ0) is 15.6. The Hall–Kier alpha value is -2.14. The molecule has 1 amide bonds. The number of hydrogen-bond acceptors (Lipinski definition) is 4. The molecule has 0 bridgehead atoms. The fourth-order valence-corrected chi connectivity index (χ4v) is 4.00. The van der Waals surface area contributed by atoms with Gasteiger partial charge in [0.15, 0.2) is 10.8 Å². The third-order valence-corrected chi connectivity index (χ3v) is 5.38. The smallest absolute Gasteiger partial charge is 0.223 e. The fraction of sp³-hybridized carbons (Fsp3) is 0.333. The van der Waals surface area contributed by atoms with Gasteiger partial charge in [-0.1, -0.05) is 25.0 Å². The predicted molar refractivity (Wildman–Crippen MR) is 91.1 cm³/mol. The van der Waals surface area contributed by atoms with Gasteiger partial charge in [0.05, 0.1) is 16.8 Å². The van der Waals surface area contributed by atoms with Crippen LogP contribution < -0.4 is 5.32 Å². The van der Waals surface area contributed by atoms with Gasteiger partial charge in [-0.3, -0.25) is 4.79 Å². The highest BCUT2D eigenvalue weighted by Gasteiger charge is 2.22. The lowest BCUT2D eigenvalue weighted by Gasteiger charge is -2.08. The number of amides is 1. The molecular formula is C18H18N2O2S. The van der Waals surface area contributed by atoms with Crippen molar-refractivity contribution in [2.45, 2.75) is 32.2 Å². The molecule has 0 spiro atoms. The summed E-state index contributed by atoms with van der Waals surface area (Å²) in [7, 11) is 0. The van der Waals surface area contributed by atoms with Crippen LogP contribution >= 0.6 is 11.3 Å². The van der Waals surface area contributed by atoms with E-state index in [2.05, 4.69) is 16.4 Å². The van der Waals surface area contributed by atoms with Crippen molar-refractivity contribution in [2.24, 2.45) is 5.92 Å². The molecule has 1 fully saturated rings. The summed E-state index contributed by atoms with van der Waals surface area (Å²) >= 11 is 1.62. The molecular weight excluding hydrogens is 308 g/mol. The van der Waals surface area contributed by atoms with Gasteiger partial charge in [-0.05, 0) is 37.1 Å². The van der Waals surface area contributed by atoms with Crippen LogP contribution in [0.3, 0.4) is 0 Å². The lowest BCUT2D eigenvalue weighted by Crippen LogP contribution is -2.28. The summed E-state index contributed by atoms with van der Waals surface area (Å²) in [5.74, 6) is 1.87. The Bertz CT molecular complexity index is 797. The third kappa shape index (κ3) is 3.01. The molecule has 0 atom stereocenters. The molecule has 1 aliphatic carbocycles. The van der Waals surface area contributed by atoms with E-state index in [-0.39, 0.29) is 11.8 Å². The van der Waals surface area contributed by atoms with E-state index in [9.17, 15) is 4.79 Å². The van der Waals surface area contributed by atoms with Crippen LogP contribution in [-0.2, 0) is 11.3 Å². The molecule has 3 aromatic rings. The van der Waals surface area contributed by atoms with Crippen LogP contribution in [-0.4, -0.2) is 10.9 Å². The van der Waals surface area contributed by atoms with Crippen molar-refractivity contribution in [1.29, 1.82) is 0 Å². The number of nitrogens with zero attached hydrogens (tertiary/aromatic N) is 1. The minimum Gasteiger partial charge on any atom is -0.457 e. The third-order valence-electron chi connectivity index (χ3n) is 4.33. The molecule has 23 heavy (non-hydrogen) atoms. The highest BCUT2D eigenvalue weighted by Crippen LogP contribution is 2.31. The molecule has 2 heterocycles. The number of benzene rings is 1. The molecule has 0 aliphatic heterocycles. The first-order chi connectivity index (χ1) is 11.3. The first-order valence-corrected chi connectivity index (χ1v) is 8.83. The average Bonchev–Trinajstić information content (AvgIpc) is 3.31. The fourth-order valence-electron chi connectivity index (χ4n) is 3.07. The molecule has 1 saturated carbocycles. The number of fused-ring (bicyclic) bond motifs is 1. The van der Waals surface area contributed by atoms with Crippen LogP contribution in [0.1, 0.15) is 31.4 Å². The van der Waals surface area contributed by atoms with E-state index >= 15 is 0 Å². The van der Waals surface area contributed by atoms with Gasteiger partial charge in [0, 0.05) is 5.92 Å². The van der Waals surface area contributed by atoms with Crippen LogP contribution in [0.5, 0.6) is 0 Å². The number of nitrogens with one attached hydrogen (secondary N) is 1. The topological polar surface area (TPSA) is 55.1 Å². The SMILES string of the molecule is O=C(NCc1ccc(-c2nc3ccccc3s2)o1)C1CCCC1. The summed E-state index contributed by atoms with van der Waals surface area (Å²) in [6, 6.07) is 11.9. The first kappa shape index (κ1) is 14.5. The van der Waals surface area contributed by atoms with E-state index in [4.69, 9.17) is 4.42 Å². The Labute approximate surface area is 138 Å². The van der Waals surface area contributed by atoms with Crippen molar-refractivity contribution < 1.29 is 9.21 Å². The van der Waals surface area contributed by atoms with Crippen molar-refractivity contribution in [1.82, 2.24) is 10.3 Å². The lowest BCUT2D eigenvalue weighted by atomic mass is 10.1. The van der Waals surface area contributed by atoms with Gasteiger partial charge < -0.3 is 9.73 Å². The summed E-state index contributed by atoms with van der Waals surface area (Å²) in [5, 5.41) is 3.86. The van der Waals surface area contributed by atoms with Crippen LogP contribution in [0.2, 0.25) is 0 Å². The van der Waals surface area contributed by atoms with E-state index in [0.29, 0.717) is 6.54 Å². The minimum atomic E-state index is 0.153. The predicted octanol–water partition coefficient (Wildman–Crippen LogP) is 4.36. The summed E-state index contributed by atoms with van der Waals surface area (Å²) in [6.07, 6.45) is 4.36. The quantitative estimate of drug-likeness (QED) is 0.775. The van der Waals surface area contributed by atoms with Crippen LogP contribution in [0.4, 0.5) is 0 Å². The number of furan rings is 1. The number of hydrogen-bond donors (Lipinski definition) is 1. The Morgan fingerprint density at radius 3 is 2.87 bits per heavy atom. The number of rotatable bonds is 4. The highest BCUT2D eigenvalue weighted by atomic mass is 32.1. The van der Waals surface area contributed by atoms with Gasteiger partial charge >= 0.3 is 0 Å². The van der Waals surface area contributed by atoms with E-state index in [1.54, 1.807) is 11.3 Å². The second-order valence-corrected chi connectivity index (χ2v) is 6.98. The van der Waals surface area contributed by atoms with Crippen molar-refractivity contribution in [2.75, 3.05) is 0 Å². The maximum atomic E-state index is 12.0. The van der Waals surface area contributed by atoms with Gasteiger partial charge in [-0.2, -0.15) is 0 Å². The van der Waals surface area contributed by atoms with Crippen molar-refractivity contribution in [3.05, 3.63) is 42.2 Å². The molecule has 0 saturated heterocycles. The lowest BCUT2D eigenvalue weighted by molar-refractivity contribution is -0.125. The second kappa shape index (κ2) is 6.16. The van der Waals surface area contributed by atoms with E-state index in [0.717, 1.165) is 39.6 Å². The standard InChI is InChI=1S/C18H18N2O2S/c21-17(12-5-1-2-6-12)19-11-13-9-10-15(22-13)18-20-14-7-3-4-8-16(14)23-18/h3-4,7-10,12H,1-2,5-6,11H2,(H,19,21). The average molecular weight is 326 g/mol. The Kier molecular flexibility index (Phi) is 3.87. The van der Waals surface area contributed by atoms with Crippen LogP contribution in [0.25, 0.3) is 21.0 Å². The van der Waals surface area contributed by atoms with E-state index < -0.39 is 0 Å². The molecule has 0 unspecified atom stereocenters. The molecule has 1 aromatic carbocycles. The zero-order valence-corrected chi connectivity index (χ0v) is 13.6. The van der Waals surface area contributed by atoms with E-state index in [1.165, 1.54) is 12.8 Å². The highest BCUT2D eigenvalue weighted by molar-refractivity contribution is 7.21. The number of carbonyl (C=O) groups excluding carboxylic acids is 1. The maximum Gasteiger partial charge on any atom is 0.223 e. The number of aromatic nitrogens is 1. The summed E-state index contributed by atoms with van der Waals surface area (Å²) < 4.78 is 6.99. The maximum absolute atomic E-state index is 12.0. The Morgan fingerprint density at radius 1 is 1.22 bits per heavy atom. The normalized spacial score (nSPS) is 15.3. The molecule has 1 aliphatic rings. The molecule has 1 N–H and O–H groups in total. The minimum absolute atomic E-state index is 0.153. The van der Waals surface area contributed by atoms with Crippen molar-refractivity contribution >= 4 is 27.5 Å². The number of thiazole rings is 1.